The zero-order chi connectivity index (χ0) is 22.0. The number of benzene rings is 6. The lowest BCUT2D eigenvalue weighted by atomic mass is 9.98. The molecule has 6 aromatic rings. The monoisotopic (exact) mass is 421 g/mol. The molecule has 0 aromatic heterocycles. The highest BCUT2D eigenvalue weighted by Gasteiger charge is 2.08. The molecule has 1 nitrogen and oxygen atoms in total. The van der Waals surface area contributed by atoms with Crippen LogP contribution < -0.4 is 5.32 Å². The first kappa shape index (κ1) is 19.3. The van der Waals surface area contributed by atoms with Crippen molar-refractivity contribution >= 4 is 32.9 Å². The molecule has 0 saturated heterocycles. The summed E-state index contributed by atoms with van der Waals surface area (Å²) >= 11 is 0. The minimum atomic E-state index is 1.08. The maximum absolute atomic E-state index is 3.70. The summed E-state index contributed by atoms with van der Waals surface area (Å²) < 4.78 is 0. The Balaban J connectivity index is 1.40. The third kappa shape index (κ3) is 3.75. The Morgan fingerprint density at radius 1 is 0.364 bits per heavy atom. The summed E-state index contributed by atoms with van der Waals surface area (Å²) in [5.74, 6) is 0. The largest absolute Gasteiger partial charge is 0.355 e. The molecule has 0 unspecified atom stereocenters. The summed E-state index contributed by atoms with van der Waals surface area (Å²) in [5, 5.41) is 8.72. The fourth-order valence-electron chi connectivity index (χ4n) is 4.60. The van der Waals surface area contributed by atoms with Gasteiger partial charge in [-0.2, -0.15) is 0 Å². The molecular formula is C32H23N. The second-order valence-corrected chi connectivity index (χ2v) is 8.34. The topological polar surface area (TPSA) is 12.0 Å². The fraction of sp³-hybridized carbons (Fsp3) is 0. The van der Waals surface area contributed by atoms with Crippen LogP contribution in [0.3, 0.4) is 0 Å². The van der Waals surface area contributed by atoms with Gasteiger partial charge in [0.15, 0.2) is 0 Å². The van der Waals surface area contributed by atoms with E-state index >= 15 is 0 Å². The van der Waals surface area contributed by atoms with Gasteiger partial charge < -0.3 is 5.32 Å². The molecule has 6 rings (SSSR count). The van der Waals surface area contributed by atoms with Crippen LogP contribution in [0, 0.1) is 0 Å². The minimum absolute atomic E-state index is 1.08. The van der Waals surface area contributed by atoms with Gasteiger partial charge in [-0.25, -0.2) is 0 Å². The van der Waals surface area contributed by atoms with Gasteiger partial charge in [0.05, 0.1) is 0 Å². The van der Waals surface area contributed by atoms with E-state index in [1.54, 1.807) is 0 Å². The molecule has 33 heavy (non-hydrogen) atoms. The molecule has 0 fully saturated rings. The Kier molecular flexibility index (Phi) is 4.86. The summed E-state index contributed by atoms with van der Waals surface area (Å²) in [6.07, 6.45) is 0. The van der Waals surface area contributed by atoms with E-state index in [0.717, 1.165) is 11.4 Å². The second-order valence-electron chi connectivity index (χ2n) is 8.34. The number of fused-ring (bicyclic) bond motifs is 3. The molecule has 0 aliphatic carbocycles. The highest BCUT2D eigenvalue weighted by Crippen LogP contribution is 2.34. The molecule has 0 atom stereocenters. The first-order chi connectivity index (χ1) is 16.3. The van der Waals surface area contributed by atoms with E-state index in [-0.39, 0.29) is 0 Å². The van der Waals surface area contributed by atoms with Crippen molar-refractivity contribution in [3.63, 3.8) is 0 Å². The van der Waals surface area contributed by atoms with E-state index in [2.05, 4.69) is 139 Å². The van der Waals surface area contributed by atoms with Crippen LogP contribution in [0.15, 0.2) is 133 Å². The third-order valence-electron chi connectivity index (χ3n) is 6.21. The summed E-state index contributed by atoms with van der Waals surface area (Å²) in [6, 6.07) is 47.4. The average molecular weight is 422 g/mol. The standard InChI is InChI=1S/C32H23N/c1-2-10-23(11-3-1)24-13-8-14-25(20-24)26-15-9-16-28(21-26)33-32-22-27-12-4-5-17-29(27)30-18-6-7-19-31(30)32/h1-22,33H. The number of nitrogens with one attached hydrogen (secondary N) is 1. The van der Waals surface area contributed by atoms with Gasteiger partial charge in [-0.3, -0.25) is 0 Å². The first-order valence-electron chi connectivity index (χ1n) is 11.3. The van der Waals surface area contributed by atoms with Crippen LogP contribution in [0.2, 0.25) is 0 Å². The maximum Gasteiger partial charge on any atom is 0.0470 e. The van der Waals surface area contributed by atoms with Gasteiger partial charge in [-0.05, 0) is 62.7 Å². The van der Waals surface area contributed by atoms with E-state index in [1.165, 1.54) is 43.8 Å². The summed E-state index contributed by atoms with van der Waals surface area (Å²) in [4.78, 5) is 0. The van der Waals surface area contributed by atoms with Crippen molar-refractivity contribution in [2.24, 2.45) is 0 Å². The van der Waals surface area contributed by atoms with Gasteiger partial charge in [0.25, 0.3) is 0 Å². The summed E-state index contributed by atoms with van der Waals surface area (Å²) in [6.45, 7) is 0. The van der Waals surface area contributed by atoms with Crippen LogP contribution in [-0.4, -0.2) is 0 Å². The zero-order valence-electron chi connectivity index (χ0n) is 18.2. The summed E-state index contributed by atoms with van der Waals surface area (Å²) in [7, 11) is 0. The summed E-state index contributed by atoms with van der Waals surface area (Å²) in [5.41, 5.74) is 7.08. The number of hydrogen-bond acceptors (Lipinski definition) is 1. The SMILES string of the molecule is c1ccc(-c2cccc(-c3cccc(Nc4cc5ccccc5c5ccccc45)c3)c2)cc1. The highest BCUT2D eigenvalue weighted by atomic mass is 14.9. The fourth-order valence-corrected chi connectivity index (χ4v) is 4.60. The second kappa shape index (κ2) is 8.29. The molecule has 0 bridgehead atoms. The van der Waals surface area contributed by atoms with Gasteiger partial charge >= 0.3 is 0 Å². The first-order valence-corrected chi connectivity index (χ1v) is 11.3. The van der Waals surface area contributed by atoms with Crippen LogP contribution >= 0.6 is 0 Å². The van der Waals surface area contributed by atoms with Crippen molar-refractivity contribution < 1.29 is 0 Å². The van der Waals surface area contributed by atoms with Crippen molar-refractivity contribution in [3.8, 4) is 22.3 Å². The normalized spacial score (nSPS) is 11.0. The molecule has 0 spiro atoms. The van der Waals surface area contributed by atoms with E-state index < -0.39 is 0 Å². The van der Waals surface area contributed by atoms with Crippen LogP contribution in [0.25, 0.3) is 43.8 Å². The van der Waals surface area contributed by atoms with Crippen molar-refractivity contribution in [1.29, 1.82) is 0 Å². The van der Waals surface area contributed by atoms with E-state index in [0.29, 0.717) is 0 Å². The Bertz CT molecular complexity index is 1580. The van der Waals surface area contributed by atoms with Gasteiger partial charge in [0.2, 0.25) is 0 Å². The van der Waals surface area contributed by atoms with E-state index in [1.807, 2.05) is 0 Å². The molecule has 0 aliphatic rings. The van der Waals surface area contributed by atoms with Crippen molar-refractivity contribution in [1.82, 2.24) is 0 Å². The molecule has 0 aliphatic heterocycles. The Hall–Kier alpha value is -4.36. The zero-order valence-corrected chi connectivity index (χ0v) is 18.2. The van der Waals surface area contributed by atoms with Gasteiger partial charge in [-0.15, -0.1) is 0 Å². The smallest absolute Gasteiger partial charge is 0.0470 e. The van der Waals surface area contributed by atoms with Crippen molar-refractivity contribution in [3.05, 3.63) is 133 Å². The molecular weight excluding hydrogens is 398 g/mol. The highest BCUT2D eigenvalue weighted by molar-refractivity contribution is 6.13. The predicted molar refractivity (Wildman–Crippen MR) is 142 cm³/mol. The van der Waals surface area contributed by atoms with Crippen LogP contribution in [0.1, 0.15) is 0 Å². The molecule has 156 valence electrons. The van der Waals surface area contributed by atoms with Crippen molar-refractivity contribution in [2.75, 3.05) is 5.32 Å². The maximum atomic E-state index is 3.70. The van der Waals surface area contributed by atoms with E-state index in [9.17, 15) is 0 Å². The van der Waals surface area contributed by atoms with Crippen molar-refractivity contribution in [2.45, 2.75) is 0 Å². The number of hydrogen-bond donors (Lipinski definition) is 1. The molecule has 6 aromatic carbocycles. The molecule has 0 heterocycles. The van der Waals surface area contributed by atoms with Gasteiger partial charge in [0.1, 0.15) is 0 Å². The third-order valence-corrected chi connectivity index (χ3v) is 6.21. The Morgan fingerprint density at radius 2 is 0.939 bits per heavy atom. The lowest BCUT2D eigenvalue weighted by Gasteiger charge is -2.14. The lowest BCUT2D eigenvalue weighted by Crippen LogP contribution is -1.93. The molecule has 0 amide bonds. The predicted octanol–water partition coefficient (Wildman–Crippen LogP) is 9.07. The van der Waals surface area contributed by atoms with Crippen LogP contribution in [0.4, 0.5) is 11.4 Å². The molecule has 0 saturated carbocycles. The Labute approximate surface area is 194 Å². The van der Waals surface area contributed by atoms with Gasteiger partial charge in [0, 0.05) is 16.8 Å². The average Bonchev–Trinajstić information content (AvgIpc) is 2.90. The van der Waals surface area contributed by atoms with Crippen LogP contribution in [0.5, 0.6) is 0 Å². The number of rotatable bonds is 4. The molecule has 0 radical (unpaired) electrons. The number of anilines is 2. The van der Waals surface area contributed by atoms with E-state index in [4.69, 9.17) is 0 Å². The lowest BCUT2D eigenvalue weighted by molar-refractivity contribution is 1.56. The molecule has 1 N–H and O–H groups in total. The quantitative estimate of drug-likeness (QED) is 0.280. The molecule has 1 heteroatoms. The van der Waals surface area contributed by atoms with Gasteiger partial charge in [-0.1, -0.05) is 109 Å². The Morgan fingerprint density at radius 3 is 1.76 bits per heavy atom. The van der Waals surface area contributed by atoms with Crippen LogP contribution in [-0.2, 0) is 0 Å². The minimum Gasteiger partial charge on any atom is -0.355 e.